The normalized spacial score (nSPS) is 17.1. The number of rotatable bonds is 7. The van der Waals surface area contributed by atoms with Crippen LogP contribution in [0, 0.1) is 10.1 Å². The average molecular weight is 465 g/mol. The van der Waals surface area contributed by atoms with Gasteiger partial charge in [0.25, 0.3) is 11.6 Å². The fraction of sp³-hybridized carbons (Fsp3) is 0.300. The number of nitro benzene ring substituents is 1. The molecule has 0 unspecified atom stereocenters. The molecule has 31 heavy (non-hydrogen) atoms. The van der Waals surface area contributed by atoms with E-state index in [9.17, 15) is 28.1 Å². The Morgan fingerprint density at radius 2 is 1.94 bits per heavy atom. The first kappa shape index (κ1) is 22.8. The summed E-state index contributed by atoms with van der Waals surface area (Å²) in [6, 6.07) is 12.6. The molecule has 2 aromatic carbocycles. The predicted molar refractivity (Wildman–Crippen MR) is 114 cm³/mol. The van der Waals surface area contributed by atoms with Crippen LogP contribution in [0.3, 0.4) is 0 Å². The van der Waals surface area contributed by atoms with Gasteiger partial charge in [-0.15, -0.1) is 0 Å². The minimum atomic E-state index is -3.16. The van der Waals surface area contributed by atoms with Gasteiger partial charge < -0.3 is 9.64 Å². The van der Waals surface area contributed by atoms with Crippen molar-refractivity contribution in [3.63, 3.8) is 0 Å². The standard InChI is InChI=1S/C20H20N2O7S2/c1-21(15-9-10-31(27,28)13-15)19(23)12-29-20(24)14-7-8-18(17(11-14)22(25)26)30-16-5-3-2-4-6-16/h2-8,11,15H,9-10,12-13H2,1H3/t15-/m1/s1. The molecule has 2 aromatic rings. The van der Waals surface area contributed by atoms with E-state index in [1.54, 1.807) is 0 Å². The van der Waals surface area contributed by atoms with Crippen molar-refractivity contribution in [1.29, 1.82) is 0 Å². The Balaban J connectivity index is 1.65. The molecular formula is C20H20N2O7S2. The Hall–Kier alpha value is -2.92. The lowest BCUT2D eigenvalue weighted by atomic mass is 10.2. The molecule has 0 saturated carbocycles. The topological polar surface area (TPSA) is 124 Å². The number of carbonyl (C=O) groups excluding carboxylic acids is 2. The molecule has 1 atom stereocenters. The number of nitro groups is 1. The van der Waals surface area contributed by atoms with Crippen molar-refractivity contribution in [2.45, 2.75) is 22.3 Å². The van der Waals surface area contributed by atoms with Gasteiger partial charge in [0.05, 0.1) is 26.9 Å². The molecule has 0 spiro atoms. The lowest BCUT2D eigenvalue weighted by Gasteiger charge is -2.23. The van der Waals surface area contributed by atoms with Crippen molar-refractivity contribution < 1.29 is 27.7 Å². The van der Waals surface area contributed by atoms with E-state index in [-0.39, 0.29) is 22.8 Å². The molecule has 1 heterocycles. The molecular weight excluding hydrogens is 444 g/mol. The van der Waals surface area contributed by atoms with Crippen LogP contribution in [0.25, 0.3) is 0 Å². The largest absolute Gasteiger partial charge is 0.452 e. The minimum absolute atomic E-state index is 0.0199. The fourth-order valence-corrected chi connectivity index (χ4v) is 5.78. The number of nitrogens with zero attached hydrogens (tertiary/aromatic N) is 2. The molecule has 0 N–H and O–H groups in total. The highest BCUT2D eigenvalue weighted by Crippen LogP contribution is 2.35. The third-order valence-corrected chi connectivity index (χ3v) is 7.66. The highest BCUT2D eigenvalue weighted by molar-refractivity contribution is 7.99. The zero-order valence-corrected chi connectivity index (χ0v) is 18.2. The van der Waals surface area contributed by atoms with Crippen LogP contribution in [0.4, 0.5) is 5.69 Å². The van der Waals surface area contributed by atoms with Gasteiger partial charge in [0.2, 0.25) is 0 Å². The van der Waals surface area contributed by atoms with Crippen LogP contribution in [0.5, 0.6) is 0 Å². The number of carbonyl (C=O) groups is 2. The summed E-state index contributed by atoms with van der Waals surface area (Å²) in [7, 11) is -1.70. The van der Waals surface area contributed by atoms with Gasteiger partial charge in [-0.3, -0.25) is 14.9 Å². The lowest BCUT2D eigenvalue weighted by Crippen LogP contribution is -2.40. The first-order valence-corrected chi connectivity index (χ1v) is 11.9. The second kappa shape index (κ2) is 9.48. The molecule has 0 aromatic heterocycles. The molecule has 0 aliphatic carbocycles. The second-order valence-electron chi connectivity index (χ2n) is 6.99. The lowest BCUT2D eigenvalue weighted by molar-refractivity contribution is -0.387. The van der Waals surface area contributed by atoms with Gasteiger partial charge in [-0.25, -0.2) is 13.2 Å². The van der Waals surface area contributed by atoms with Crippen LogP contribution < -0.4 is 0 Å². The monoisotopic (exact) mass is 464 g/mol. The zero-order chi connectivity index (χ0) is 22.6. The van der Waals surface area contributed by atoms with E-state index in [1.807, 2.05) is 30.3 Å². The van der Waals surface area contributed by atoms with Crippen molar-refractivity contribution in [2.24, 2.45) is 0 Å². The molecule has 0 bridgehead atoms. The highest BCUT2D eigenvalue weighted by Gasteiger charge is 2.33. The summed E-state index contributed by atoms with van der Waals surface area (Å²) >= 11 is 1.20. The van der Waals surface area contributed by atoms with E-state index < -0.39 is 39.3 Å². The highest BCUT2D eigenvalue weighted by atomic mass is 32.2. The van der Waals surface area contributed by atoms with E-state index >= 15 is 0 Å². The van der Waals surface area contributed by atoms with E-state index in [0.717, 1.165) is 11.0 Å². The maximum atomic E-state index is 12.3. The van der Waals surface area contributed by atoms with Crippen LogP contribution in [0.1, 0.15) is 16.8 Å². The first-order chi connectivity index (χ1) is 14.7. The summed E-state index contributed by atoms with van der Waals surface area (Å²) in [4.78, 5) is 37.9. The maximum Gasteiger partial charge on any atom is 0.338 e. The zero-order valence-electron chi connectivity index (χ0n) is 16.6. The Bertz CT molecular complexity index is 1100. The van der Waals surface area contributed by atoms with Crippen LogP contribution in [0.15, 0.2) is 58.3 Å². The Morgan fingerprint density at radius 3 is 2.55 bits per heavy atom. The third-order valence-electron chi connectivity index (χ3n) is 4.84. The summed E-state index contributed by atoms with van der Waals surface area (Å²) < 4.78 is 28.1. The van der Waals surface area contributed by atoms with Crippen molar-refractivity contribution in [3.05, 3.63) is 64.2 Å². The number of hydrogen-bond donors (Lipinski definition) is 0. The van der Waals surface area contributed by atoms with Crippen LogP contribution in [-0.4, -0.2) is 61.3 Å². The fourth-order valence-electron chi connectivity index (χ4n) is 3.09. The van der Waals surface area contributed by atoms with Crippen LogP contribution in [-0.2, 0) is 19.4 Å². The van der Waals surface area contributed by atoms with E-state index in [2.05, 4.69) is 0 Å². The van der Waals surface area contributed by atoms with Crippen molar-refractivity contribution in [1.82, 2.24) is 4.90 Å². The molecule has 1 amide bonds. The average Bonchev–Trinajstić information content (AvgIpc) is 3.11. The molecule has 3 rings (SSSR count). The SMILES string of the molecule is CN(C(=O)COC(=O)c1ccc(Sc2ccccc2)c([N+](=O)[O-])c1)[C@@H]1CCS(=O)(=O)C1. The molecule has 11 heteroatoms. The van der Waals surface area contributed by atoms with E-state index in [0.29, 0.717) is 11.3 Å². The number of likely N-dealkylation sites (N-methyl/N-ethyl adjacent to an activating group) is 1. The summed E-state index contributed by atoms with van der Waals surface area (Å²) in [5.74, 6) is -1.51. The number of sulfone groups is 1. The molecule has 1 aliphatic rings. The van der Waals surface area contributed by atoms with Crippen molar-refractivity contribution in [2.75, 3.05) is 25.2 Å². The molecule has 9 nitrogen and oxygen atoms in total. The smallest absolute Gasteiger partial charge is 0.338 e. The first-order valence-electron chi connectivity index (χ1n) is 9.31. The number of ether oxygens (including phenoxy) is 1. The summed E-state index contributed by atoms with van der Waals surface area (Å²) in [5.41, 5.74) is -0.300. The molecule has 1 aliphatic heterocycles. The number of amides is 1. The third kappa shape index (κ3) is 5.82. The van der Waals surface area contributed by atoms with Crippen LogP contribution in [0.2, 0.25) is 0 Å². The number of hydrogen-bond acceptors (Lipinski definition) is 8. The van der Waals surface area contributed by atoms with Gasteiger partial charge in [-0.2, -0.15) is 0 Å². The second-order valence-corrected chi connectivity index (χ2v) is 10.3. The molecule has 164 valence electrons. The van der Waals surface area contributed by atoms with Gasteiger partial charge >= 0.3 is 5.97 Å². The van der Waals surface area contributed by atoms with Gasteiger partial charge in [-0.1, -0.05) is 30.0 Å². The van der Waals surface area contributed by atoms with Crippen molar-refractivity contribution in [3.8, 4) is 0 Å². The van der Waals surface area contributed by atoms with Gasteiger partial charge in [-0.05, 0) is 30.7 Å². The molecule has 1 fully saturated rings. The molecule has 0 radical (unpaired) electrons. The van der Waals surface area contributed by atoms with Crippen molar-refractivity contribution >= 4 is 39.2 Å². The summed E-state index contributed by atoms with van der Waals surface area (Å²) in [6.07, 6.45) is 0.339. The Labute approximate surface area is 183 Å². The van der Waals surface area contributed by atoms with E-state index in [1.165, 1.54) is 35.8 Å². The van der Waals surface area contributed by atoms with Crippen LogP contribution >= 0.6 is 11.8 Å². The Kier molecular flexibility index (Phi) is 6.96. The quantitative estimate of drug-likeness (QED) is 0.348. The minimum Gasteiger partial charge on any atom is -0.452 e. The Morgan fingerprint density at radius 1 is 1.23 bits per heavy atom. The maximum absolute atomic E-state index is 12.3. The van der Waals surface area contributed by atoms with Gasteiger partial charge in [0.1, 0.15) is 0 Å². The van der Waals surface area contributed by atoms with Gasteiger partial charge in [0.15, 0.2) is 16.4 Å². The van der Waals surface area contributed by atoms with Gasteiger partial charge in [0, 0.05) is 24.1 Å². The number of esters is 1. The number of benzene rings is 2. The summed E-state index contributed by atoms with van der Waals surface area (Å²) in [5, 5.41) is 11.5. The summed E-state index contributed by atoms with van der Waals surface area (Å²) in [6.45, 7) is -0.583. The predicted octanol–water partition coefficient (Wildman–Crippen LogP) is 2.55. The molecule has 1 saturated heterocycles. The van der Waals surface area contributed by atoms with E-state index in [4.69, 9.17) is 4.74 Å².